The number of ether oxygens (including phenoxy) is 1. The van der Waals surface area contributed by atoms with Crippen LogP contribution in [0.5, 0.6) is 11.6 Å². The standard InChI is InChI=1S/C12H8F3N3O2/c13-12(14,15)7-2-1-3-8(6-7)20-11-9(10(16)19)17-4-5-18-11/h1-6H,(H2,16,19). The van der Waals surface area contributed by atoms with Crippen molar-refractivity contribution in [2.45, 2.75) is 6.18 Å². The molecule has 20 heavy (non-hydrogen) atoms. The van der Waals surface area contributed by atoms with Crippen molar-refractivity contribution in [3.8, 4) is 11.6 Å². The lowest BCUT2D eigenvalue weighted by molar-refractivity contribution is -0.137. The van der Waals surface area contributed by atoms with E-state index in [-0.39, 0.29) is 17.3 Å². The minimum absolute atomic E-state index is 0.122. The Bertz CT molecular complexity index is 644. The van der Waals surface area contributed by atoms with Gasteiger partial charge in [0, 0.05) is 12.4 Å². The van der Waals surface area contributed by atoms with Gasteiger partial charge < -0.3 is 10.5 Å². The molecule has 0 spiro atoms. The number of nitrogens with two attached hydrogens (primary N) is 1. The van der Waals surface area contributed by atoms with Crippen LogP contribution in [0.3, 0.4) is 0 Å². The second kappa shape index (κ2) is 5.16. The van der Waals surface area contributed by atoms with Crippen LogP contribution in [-0.4, -0.2) is 15.9 Å². The van der Waals surface area contributed by atoms with Crippen molar-refractivity contribution >= 4 is 5.91 Å². The second-order valence-electron chi connectivity index (χ2n) is 3.70. The first-order valence-electron chi connectivity index (χ1n) is 5.34. The summed E-state index contributed by atoms with van der Waals surface area (Å²) in [6.45, 7) is 0. The molecule has 2 aromatic rings. The summed E-state index contributed by atoms with van der Waals surface area (Å²) in [6.07, 6.45) is -2.04. The molecule has 0 fully saturated rings. The molecule has 2 N–H and O–H groups in total. The maximum atomic E-state index is 12.6. The Morgan fingerprint density at radius 2 is 1.90 bits per heavy atom. The van der Waals surface area contributed by atoms with Crippen molar-refractivity contribution in [3.05, 3.63) is 47.9 Å². The van der Waals surface area contributed by atoms with E-state index in [2.05, 4.69) is 9.97 Å². The summed E-state index contributed by atoms with van der Waals surface area (Å²) >= 11 is 0. The number of rotatable bonds is 3. The molecule has 0 aliphatic heterocycles. The zero-order chi connectivity index (χ0) is 14.8. The molecule has 0 aliphatic rings. The molecule has 0 bridgehead atoms. The zero-order valence-corrected chi connectivity index (χ0v) is 9.89. The van der Waals surface area contributed by atoms with E-state index < -0.39 is 17.6 Å². The fourth-order valence-electron chi connectivity index (χ4n) is 1.42. The number of nitrogens with zero attached hydrogens (tertiary/aromatic N) is 2. The highest BCUT2D eigenvalue weighted by atomic mass is 19.4. The lowest BCUT2D eigenvalue weighted by Crippen LogP contribution is -2.15. The van der Waals surface area contributed by atoms with Crippen LogP contribution in [-0.2, 0) is 6.18 Å². The molecule has 104 valence electrons. The van der Waals surface area contributed by atoms with Gasteiger partial charge in [0.05, 0.1) is 5.56 Å². The van der Waals surface area contributed by atoms with Crippen LogP contribution < -0.4 is 10.5 Å². The Labute approximate surface area is 111 Å². The van der Waals surface area contributed by atoms with E-state index in [1.54, 1.807) is 0 Å². The minimum Gasteiger partial charge on any atom is -0.437 e. The summed E-state index contributed by atoms with van der Waals surface area (Å²) in [4.78, 5) is 18.5. The Morgan fingerprint density at radius 1 is 1.20 bits per heavy atom. The number of hydrogen-bond donors (Lipinski definition) is 1. The van der Waals surface area contributed by atoms with E-state index in [9.17, 15) is 18.0 Å². The molecule has 1 aromatic heterocycles. The summed E-state index contributed by atoms with van der Waals surface area (Å²) in [5.74, 6) is -1.26. The number of benzene rings is 1. The number of halogens is 3. The van der Waals surface area contributed by atoms with Crippen molar-refractivity contribution in [1.82, 2.24) is 9.97 Å². The third kappa shape index (κ3) is 3.02. The molecular formula is C12H8F3N3O2. The van der Waals surface area contributed by atoms with Crippen LogP contribution in [0.25, 0.3) is 0 Å². The van der Waals surface area contributed by atoms with Crippen LogP contribution in [0, 0.1) is 0 Å². The van der Waals surface area contributed by atoms with Gasteiger partial charge in [0.1, 0.15) is 5.75 Å². The fourth-order valence-corrected chi connectivity index (χ4v) is 1.42. The third-order valence-corrected chi connectivity index (χ3v) is 2.27. The number of carbonyl (C=O) groups is 1. The van der Waals surface area contributed by atoms with Crippen molar-refractivity contribution in [1.29, 1.82) is 0 Å². The van der Waals surface area contributed by atoms with Crippen molar-refractivity contribution in [3.63, 3.8) is 0 Å². The summed E-state index contributed by atoms with van der Waals surface area (Å²) in [6, 6.07) is 4.17. The van der Waals surface area contributed by atoms with Gasteiger partial charge >= 0.3 is 6.18 Å². The summed E-state index contributed by atoms with van der Waals surface area (Å²) in [7, 11) is 0. The average molecular weight is 283 g/mol. The molecular weight excluding hydrogens is 275 g/mol. The highest BCUT2D eigenvalue weighted by Gasteiger charge is 2.30. The van der Waals surface area contributed by atoms with Crippen molar-refractivity contribution < 1.29 is 22.7 Å². The Balaban J connectivity index is 2.34. The van der Waals surface area contributed by atoms with E-state index in [0.717, 1.165) is 12.1 Å². The Kier molecular flexibility index (Phi) is 3.55. The molecule has 5 nitrogen and oxygen atoms in total. The predicted molar refractivity (Wildman–Crippen MR) is 62.1 cm³/mol. The summed E-state index contributed by atoms with van der Waals surface area (Å²) in [5, 5.41) is 0. The fraction of sp³-hybridized carbons (Fsp3) is 0.0833. The van der Waals surface area contributed by atoms with Gasteiger partial charge in [0.15, 0.2) is 5.69 Å². The quantitative estimate of drug-likeness (QED) is 0.938. The number of carbonyl (C=O) groups excluding carboxylic acids is 1. The third-order valence-electron chi connectivity index (χ3n) is 2.27. The molecule has 2 rings (SSSR count). The molecule has 1 aromatic carbocycles. The normalized spacial score (nSPS) is 11.2. The number of alkyl halides is 3. The van der Waals surface area contributed by atoms with Gasteiger partial charge in [0.25, 0.3) is 11.8 Å². The zero-order valence-electron chi connectivity index (χ0n) is 9.89. The van der Waals surface area contributed by atoms with Crippen molar-refractivity contribution in [2.24, 2.45) is 5.73 Å². The van der Waals surface area contributed by atoms with E-state index >= 15 is 0 Å². The Hall–Kier alpha value is -2.64. The highest BCUT2D eigenvalue weighted by Crippen LogP contribution is 2.32. The van der Waals surface area contributed by atoms with Crippen LogP contribution in [0.15, 0.2) is 36.7 Å². The van der Waals surface area contributed by atoms with Crippen LogP contribution in [0.2, 0.25) is 0 Å². The van der Waals surface area contributed by atoms with Gasteiger partial charge in [-0.15, -0.1) is 0 Å². The summed E-state index contributed by atoms with van der Waals surface area (Å²) in [5.41, 5.74) is 3.93. The van der Waals surface area contributed by atoms with Crippen LogP contribution in [0.1, 0.15) is 16.1 Å². The largest absolute Gasteiger partial charge is 0.437 e. The molecule has 8 heteroatoms. The van der Waals surface area contributed by atoms with Gasteiger partial charge in [-0.1, -0.05) is 6.07 Å². The lowest BCUT2D eigenvalue weighted by atomic mass is 10.2. The highest BCUT2D eigenvalue weighted by molar-refractivity contribution is 5.92. The SMILES string of the molecule is NC(=O)c1nccnc1Oc1cccc(C(F)(F)F)c1. The number of aromatic nitrogens is 2. The van der Waals surface area contributed by atoms with Gasteiger partial charge in [-0.2, -0.15) is 13.2 Å². The van der Waals surface area contributed by atoms with Crippen molar-refractivity contribution in [2.75, 3.05) is 0 Å². The maximum Gasteiger partial charge on any atom is 0.416 e. The average Bonchev–Trinajstić information content (AvgIpc) is 2.38. The molecule has 0 saturated heterocycles. The lowest BCUT2D eigenvalue weighted by Gasteiger charge is -2.10. The van der Waals surface area contributed by atoms with E-state index in [1.165, 1.54) is 24.5 Å². The molecule has 0 aliphatic carbocycles. The second-order valence-corrected chi connectivity index (χ2v) is 3.70. The van der Waals surface area contributed by atoms with E-state index in [4.69, 9.17) is 10.5 Å². The molecule has 0 atom stereocenters. The van der Waals surface area contributed by atoms with Gasteiger partial charge in [-0.05, 0) is 18.2 Å². The van der Waals surface area contributed by atoms with E-state index in [0.29, 0.717) is 0 Å². The Morgan fingerprint density at radius 3 is 2.55 bits per heavy atom. The first-order chi connectivity index (χ1) is 9.38. The number of amides is 1. The first-order valence-corrected chi connectivity index (χ1v) is 5.34. The van der Waals surface area contributed by atoms with Gasteiger partial charge in [0.2, 0.25) is 0 Å². The molecule has 0 saturated carbocycles. The maximum absolute atomic E-state index is 12.6. The van der Waals surface area contributed by atoms with Crippen LogP contribution >= 0.6 is 0 Å². The summed E-state index contributed by atoms with van der Waals surface area (Å²) < 4.78 is 42.8. The van der Waals surface area contributed by atoms with Gasteiger partial charge in [-0.3, -0.25) is 4.79 Å². The molecule has 1 amide bonds. The molecule has 0 radical (unpaired) electrons. The topological polar surface area (TPSA) is 78.1 Å². The molecule has 1 heterocycles. The number of primary amides is 1. The van der Waals surface area contributed by atoms with Crippen LogP contribution in [0.4, 0.5) is 13.2 Å². The monoisotopic (exact) mass is 283 g/mol. The van der Waals surface area contributed by atoms with Gasteiger partial charge in [-0.25, -0.2) is 9.97 Å². The first kappa shape index (κ1) is 13.8. The number of hydrogen-bond acceptors (Lipinski definition) is 4. The van der Waals surface area contributed by atoms with E-state index in [1.807, 2.05) is 0 Å². The smallest absolute Gasteiger partial charge is 0.416 e. The predicted octanol–water partition coefficient (Wildman–Crippen LogP) is 2.39. The minimum atomic E-state index is -4.49. The molecule has 0 unspecified atom stereocenters.